The number of ether oxygens (including phenoxy) is 1. The first-order chi connectivity index (χ1) is 12.1. The van der Waals surface area contributed by atoms with Crippen LogP contribution in [0, 0.1) is 0 Å². The Labute approximate surface area is 139 Å². The zero-order valence-corrected chi connectivity index (χ0v) is 12.7. The molecule has 0 spiro atoms. The normalized spacial score (nSPS) is 29.3. The Hall–Kier alpha value is -2.80. The van der Waals surface area contributed by atoms with Gasteiger partial charge in [0.15, 0.2) is 11.5 Å². The largest absolute Gasteiger partial charge is 0.394 e. The van der Waals surface area contributed by atoms with Gasteiger partial charge in [-0.05, 0) is 11.3 Å². The first-order valence-corrected chi connectivity index (χ1v) is 7.33. The lowest BCUT2D eigenvalue weighted by atomic mass is 9.99. The third kappa shape index (κ3) is 2.09. The summed E-state index contributed by atoms with van der Waals surface area (Å²) in [6, 6.07) is 1.47. The number of nitrogen functional groups attached to an aromatic ring is 1. The van der Waals surface area contributed by atoms with Crippen molar-refractivity contribution < 1.29 is 20.1 Å². The molecule has 1 aliphatic heterocycles. The summed E-state index contributed by atoms with van der Waals surface area (Å²) in [5.41, 5.74) is 4.79. The van der Waals surface area contributed by atoms with Crippen LogP contribution >= 0.6 is 0 Å². The van der Waals surface area contributed by atoms with E-state index in [1.165, 1.54) is 29.5 Å². The number of rotatable bonds is 3. The third-order valence-corrected chi connectivity index (χ3v) is 4.21. The van der Waals surface area contributed by atoms with Crippen LogP contribution in [-0.2, 0) is 10.5 Å². The highest BCUT2D eigenvalue weighted by Gasteiger charge is 2.58. The van der Waals surface area contributed by atoms with E-state index in [0.29, 0.717) is 5.52 Å². The molecule has 130 valence electrons. The van der Waals surface area contributed by atoms with E-state index in [4.69, 9.17) is 10.5 Å². The lowest BCUT2D eigenvalue weighted by Gasteiger charge is -2.32. The van der Waals surface area contributed by atoms with Crippen LogP contribution in [0.5, 0.6) is 0 Å². The van der Waals surface area contributed by atoms with E-state index < -0.39 is 30.6 Å². The Morgan fingerprint density at radius 2 is 2.12 bits per heavy atom. The Bertz CT molecular complexity index is 905. The number of hydrogen-bond donors (Lipinski definition) is 4. The number of nitrogens with two attached hydrogens (primary N) is 1. The first kappa shape index (κ1) is 15.7. The second-order valence-electron chi connectivity index (χ2n) is 5.52. The van der Waals surface area contributed by atoms with E-state index in [2.05, 4.69) is 30.4 Å². The Kier molecular flexibility index (Phi) is 3.54. The Balaban J connectivity index is 2.00. The fourth-order valence-corrected chi connectivity index (χ4v) is 3.01. The SMILES string of the molecule is Nc1ncnc2c1ncn2[C@]1(c2ccnnn2)O[C@H](CO)[C@@H](O)[C@H]1O. The van der Waals surface area contributed by atoms with Crippen molar-refractivity contribution in [2.45, 2.75) is 24.0 Å². The van der Waals surface area contributed by atoms with Gasteiger partial charge < -0.3 is 25.8 Å². The summed E-state index contributed by atoms with van der Waals surface area (Å²) in [7, 11) is 0. The standard InChI is InChI=1S/C13H14N8O4/c14-11-8-12(16-4-15-11)21(5-17-8)13(7-1-2-18-20-19-7)10(24)9(23)6(3-22)25-13/h1-2,4-6,9-10,22-24H,3H2,(H2,14,15,16)/t6-,9-,10-,13-/m1/s1. The summed E-state index contributed by atoms with van der Waals surface area (Å²) in [4.78, 5) is 12.2. The van der Waals surface area contributed by atoms with Crippen molar-refractivity contribution in [1.29, 1.82) is 0 Å². The highest BCUT2D eigenvalue weighted by molar-refractivity contribution is 5.81. The zero-order valence-electron chi connectivity index (χ0n) is 12.7. The predicted molar refractivity (Wildman–Crippen MR) is 80.6 cm³/mol. The molecule has 1 fully saturated rings. The van der Waals surface area contributed by atoms with E-state index in [1.54, 1.807) is 0 Å². The summed E-state index contributed by atoms with van der Waals surface area (Å²) in [5.74, 6) is 0.145. The molecule has 0 unspecified atom stereocenters. The minimum atomic E-state index is -1.72. The van der Waals surface area contributed by atoms with E-state index in [9.17, 15) is 15.3 Å². The molecule has 12 nitrogen and oxygen atoms in total. The minimum absolute atomic E-state index is 0.145. The highest BCUT2D eigenvalue weighted by Crippen LogP contribution is 2.41. The fourth-order valence-electron chi connectivity index (χ4n) is 3.01. The van der Waals surface area contributed by atoms with Gasteiger partial charge in [-0.2, -0.15) is 0 Å². The number of anilines is 1. The van der Waals surface area contributed by atoms with Crippen molar-refractivity contribution in [3.63, 3.8) is 0 Å². The number of aromatic nitrogens is 7. The number of aliphatic hydroxyl groups is 3. The van der Waals surface area contributed by atoms with Gasteiger partial charge in [0.05, 0.1) is 19.1 Å². The van der Waals surface area contributed by atoms with Gasteiger partial charge in [0, 0.05) is 0 Å². The molecule has 5 N–H and O–H groups in total. The number of nitrogens with zero attached hydrogens (tertiary/aromatic N) is 7. The molecule has 4 heterocycles. The maximum Gasteiger partial charge on any atom is 0.222 e. The second-order valence-corrected chi connectivity index (χ2v) is 5.52. The highest BCUT2D eigenvalue weighted by atomic mass is 16.6. The molecule has 0 bridgehead atoms. The van der Waals surface area contributed by atoms with Crippen LogP contribution in [-0.4, -0.2) is 75.2 Å². The van der Waals surface area contributed by atoms with Gasteiger partial charge in [-0.1, -0.05) is 0 Å². The van der Waals surface area contributed by atoms with Crippen molar-refractivity contribution in [2.24, 2.45) is 0 Å². The van der Waals surface area contributed by atoms with E-state index in [-0.39, 0.29) is 17.2 Å². The average Bonchev–Trinajstić information content (AvgIpc) is 3.18. The summed E-state index contributed by atoms with van der Waals surface area (Å²) < 4.78 is 7.23. The summed E-state index contributed by atoms with van der Waals surface area (Å²) >= 11 is 0. The van der Waals surface area contributed by atoms with Crippen molar-refractivity contribution in [3.8, 4) is 0 Å². The number of fused-ring (bicyclic) bond motifs is 1. The summed E-state index contributed by atoms with van der Waals surface area (Å²) in [6.07, 6.45) is 0.0193. The Morgan fingerprint density at radius 3 is 2.80 bits per heavy atom. The molecule has 3 aromatic heterocycles. The van der Waals surface area contributed by atoms with Gasteiger partial charge >= 0.3 is 0 Å². The smallest absolute Gasteiger partial charge is 0.222 e. The molecule has 0 amide bonds. The van der Waals surface area contributed by atoms with Gasteiger partial charge in [0.1, 0.15) is 35.8 Å². The predicted octanol–water partition coefficient (Wildman–Crippen LogP) is -2.59. The molecule has 4 rings (SSSR count). The van der Waals surface area contributed by atoms with Crippen LogP contribution in [0.1, 0.15) is 5.69 Å². The molecule has 0 aromatic carbocycles. The molecule has 0 radical (unpaired) electrons. The third-order valence-electron chi connectivity index (χ3n) is 4.21. The Morgan fingerprint density at radius 1 is 1.28 bits per heavy atom. The summed E-state index contributed by atoms with van der Waals surface area (Å²) in [6.45, 7) is -0.512. The molecular formula is C13H14N8O4. The molecule has 3 aromatic rings. The van der Waals surface area contributed by atoms with Gasteiger partial charge in [-0.25, -0.2) is 15.0 Å². The second kappa shape index (κ2) is 5.63. The van der Waals surface area contributed by atoms with Crippen molar-refractivity contribution in [2.75, 3.05) is 12.3 Å². The minimum Gasteiger partial charge on any atom is -0.394 e. The number of imidazole rings is 1. The lowest BCUT2D eigenvalue weighted by molar-refractivity contribution is -0.119. The van der Waals surface area contributed by atoms with Crippen LogP contribution in [0.2, 0.25) is 0 Å². The fraction of sp³-hybridized carbons (Fsp3) is 0.385. The molecule has 12 heteroatoms. The molecule has 25 heavy (non-hydrogen) atoms. The van der Waals surface area contributed by atoms with Gasteiger partial charge in [0.2, 0.25) is 5.72 Å². The molecule has 1 saturated heterocycles. The number of aliphatic hydroxyl groups excluding tert-OH is 3. The van der Waals surface area contributed by atoms with Crippen LogP contribution in [0.25, 0.3) is 11.2 Å². The van der Waals surface area contributed by atoms with Gasteiger partial charge in [-0.3, -0.25) is 4.57 Å². The molecule has 0 aliphatic carbocycles. The lowest BCUT2D eigenvalue weighted by Crippen LogP contribution is -2.47. The topological polar surface area (TPSA) is 178 Å². The monoisotopic (exact) mass is 346 g/mol. The van der Waals surface area contributed by atoms with Crippen LogP contribution < -0.4 is 5.73 Å². The first-order valence-electron chi connectivity index (χ1n) is 7.33. The molecule has 4 atom stereocenters. The van der Waals surface area contributed by atoms with Crippen molar-refractivity contribution in [3.05, 3.63) is 30.6 Å². The molecule has 1 aliphatic rings. The van der Waals surface area contributed by atoms with E-state index in [1.807, 2.05) is 0 Å². The maximum atomic E-state index is 10.8. The molecule has 0 saturated carbocycles. The van der Waals surface area contributed by atoms with Gasteiger partial charge in [0.25, 0.3) is 0 Å². The average molecular weight is 346 g/mol. The van der Waals surface area contributed by atoms with Crippen LogP contribution in [0.15, 0.2) is 24.9 Å². The maximum absolute atomic E-state index is 10.8. The van der Waals surface area contributed by atoms with E-state index >= 15 is 0 Å². The summed E-state index contributed by atoms with van der Waals surface area (Å²) in [5, 5.41) is 41.6. The van der Waals surface area contributed by atoms with Crippen molar-refractivity contribution >= 4 is 17.0 Å². The van der Waals surface area contributed by atoms with Crippen molar-refractivity contribution in [1.82, 2.24) is 34.9 Å². The van der Waals surface area contributed by atoms with Crippen LogP contribution in [0.4, 0.5) is 5.82 Å². The molecular weight excluding hydrogens is 332 g/mol. The van der Waals surface area contributed by atoms with Crippen LogP contribution in [0.3, 0.4) is 0 Å². The number of hydrogen-bond acceptors (Lipinski definition) is 11. The zero-order chi connectivity index (χ0) is 17.6. The quantitative estimate of drug-likeness (QED) is 0.391. The van der Waals surface area contributed by atoms with Gasteiger partial charge in [-0.15, -0.1) is 10.2 Å². The van der Waals surface area contributed by atoms with E-state index in [0.717, 1.165) is 0 Å².